The van der Waals surface area contributed by atoms with Gasteiger partial charge in [-0.05, 0) is 26.3 Å². The van der Waals surface area contributed by atoms with Gasteiger partial charge in [0, 0.05) is 12.7 Å². The number of nitrogens with zero attached hydrogens (tertiary/aromatic N) is 4. The first kappa shape index (κ1) is 25.0. The second kappa shape index (κ2) is 9.87. The number of amides is 1. The summed E-state index contributed by atoms with van der Waals surface area (Å²) in [6, 6.07) is 0.991. The number of alkyl halides is 3. The van der Waals surface area contributed by atoms with Gasteiger partial charge in [0.1, 0.15) is 29.0 Å². The van der Waals surface area contributed by atoms with Crippen molar-refractivity contribution in [2.75, 3.05) is 23.7 Å². The van der Waals surface area contributed by atoms with E-state index < -0.39 is 42.8 Å². The maximum absolute atomic E-state index is 12.8. The summed E-state index contributed by atoms with van der Waals surface area (Å²) < 4.78 is 39.1. The van der Waals surface area contributed by atoms with Gasteiger partial charge in [-0.1, -0.05) is 0 Å². The first-order valence-corrected chi connectivity index (χ1v) is 11.7. The summed E-state index contributed by atoms with van der Waals surface area (Å²) in [7, 11) is 0. The van der Waals surface area contributed by atoms with Gasteiger partial charge in [0.05, 0.1) is 40.2 Å². The molecule has 4 atom stereocenters. The van der Waals surface area contributed by atoms with Crippen molar-refractivity contribution in [1.82, 2.24) is 25.3 Å². The summed E-state index contributed by atoms with van der Waals surface area (Å²) in [5, 5.41) is 29.4. The lowest BCUT2D eigenvalue weighted by Crippen LogP contribution is -2.39. The minimum absolute atomic E-state index is 0.0890. The molecule has 35 heavy (non-hydrogen) atoms. The summed E-state index contributed by atoms with van der Waals surface area (Å²) in [6.45, 7) is 2.39. The van der Waals surface area contributed by atoms with Crippen molar-refractivity contribution in [3.05, 3.63) is 24.2 Å². The van der Waals surface area contributed by atoms with E-state index in [4.69, 9.17) is 0 Å². The number of nitrogens with one attached hydrogen (secondary N) is 3. The molecule has 1 fully saturated rings. The number of rotatable bonds is 7. The van der Waals surface area contributed by atoms with E-state index in [-0.39, 0.29) is 18.2 Å². The molecular weight excluding hydrogens is 487 g/mol. The van der Waals surface area contributed by atoms with Gasteiger partial charge in [0.25, 0.3) is 0 Å². The van der Waals surface area contributed by atoms with E-state index >= 15 is 0 Å². The fourth-order valence-electron chi connectivity index (χ4n) is 3.99. The highest BCUT2D eigenvalue weighted by molar-refractivity contribution is 7.21. The maximum Gasteiger partial charge on any atom is 0.405 e. The Morgan fingerprint density at radius 2 is 2.00 bits per heavy atom. The van der Waals surface area contributed by atoms with Gasteiger partial charge >= 0.3 is 6.18 Å². The Hall–Kier alpha value is -3.10. The van der Waals surface area contributed by atoms with E-state index in [1.807, 2.05) is 0 Å². The third kappa shape index (κ3) is 5.44. The molecule has 0 spiro atoms. The molecule has 1 amide bonds. The Balaban J connectivity index is 1.71. The number of pyridine rings is 1. The maximum atomic E-state index is 12.8. The highest BCUT2D eigenvalue weighted by Crippen LogP contribution is 2.38. The molecule has 3 aromatic rings. The van der Waals surface area contributed by atoms with Gasteiger partial charge in [-0.2, -0.15) is 18.2 Å². The predicted molar refractivity (Wildman–Crippen MR) is 124 cm³/mol. The normalized spacial score (nSPS) is 22.4. The Morgan fingerprint density at radius 1 is 1.23 bits per heavy atom. The number of anilines is 2. The number of hydrogen-bond donors (Lipinski definition) is 5. The molecule has 0 aliphatic heterocycles. The highest BCUT2D eigenvalue weighted by Gasteiger charge is 2.45. The Labute approximate surface area is 202 Å². The Kier molecular flexibility index (Phi) is 7.05. The average Bonchev–Trinajstić information content (AvgIpc) is 3.33. The van der Waals surface area contributed by atoms with E-state index in [2.05, 4.69) is 35.9 Å². The van der Waals surface area contributed by atoms with E-state index in [9.17, 15) is 28.2 Å². The van der Waals surface area contributed by atoms with Crippen molar-refractivity contribution in [3.63, 3.8) is 0 Å². The number of aliphatic hydroxyl groups excluding tert-OH is 2. The van der Waals surface area contributed by atoms with Crippen LogP contribution in [0.1, 0.15) is 19.0 Å². The SMILES string of the molecule is CCNC(=O)[C@H]1C[C@@H](Nc2nc(NCC(F)(F)F)nc(C)c2-c2nc3cnccc3s2)[C@H](O)[C@@H]1O. The molecule has 0 saturated heterocycles. The van der Waals surface area contributed by atoms with Crippen LogP contribution < -0.4 is 16.0 Å². The van der Waals surface area contributed by atoms with E-state index in [0.717, 1.165) is 4.70 Å². The summed E-state index contributed by atoms with van der Waals surface area (Å²) in [4.78, 5) is 29.3. The predicted octanol–water partition coefficient (Wildman–Crippen LogP) is 2.09. The highest BCUT2D eigenvalue weighted by atomic mass is 32.1. The van der Waals surface area contributed by atoms with Gasteiger partial charge in [0.15, 0.2) is 0 Å². The number of halogens is 3. The lowest BCUT2D eigenvalue weighted by molar-refractivity contribution is -0.128. The summed E-state index contributed by atoms with van der Waals surface area (Å²) in [5.74, 6) is -1.39. The number of carbonyl (C=O) groups is 1. The van der Waals surface area contributed by atoms with Gasteiger partial charge in [-0.15, -0.1) is 11.3 Å². The van der Waals surface area contributed by atoms with E-state index in [1.165, 1.54) is 11.3 Å². The van der Waals surface area contributed by atoms with Crippen LogP contribution in [0.2, 0.25) is 0 Å². The lowest BCUT2D eigenvalue weighted by atomic mass is 10.0. The zero-order valence-electron chi connectivity index (χ0n) is 18.8. The summed E-state index contributed by atoms with van der Waals surface area (Å²) in [5.41, 5.74) is 1.42. The molecule has 1 aliphatic carbocycles. The third-order valence-corrected chi connectivity index (χ3v) is 6.69. The smallest absolute Gasteiger partial charge is 0.390 e. The molecule has 188 valence electrons. The zero-order valence-corrected chi connectivity index (χ0v) is 19.6. The molecule has 10 nitrogen and oxygen atoms in total. The average molecular weight is 512 g/mol. The number of hydrogen-bond acceptors (Lipinski definition) is 10. The van der Waals surface area contributed by atoms with Crippen molar-refractivity contribution in [2.24, 2.45) is 5.92 Å². The number of carbonyl (C=O) groups excluding carboxylic acids is 1. The fraction of sp³-hybridized carbons (Fsp3) is 0.476. The van der Waals surface area contributed by atoms with Crippen LogP contribution in [0, 0.1) is 12.8 Å². The fourth-order valence-corrected chi connectivity index (χ4v) is 5.03. The van der Waals surface area contributed by atoms with E-state index in [0.29, 0.717) is 28.3 Å². The number of thiazole rings is 1. The van der Waals surface area contributed by atoms with Crippen LogP contribution in [0.3, 0.4) is 0 Å². The largest absolute Gasteiger partial charge is 0.405 e. The van der Waals surface area contributed by atoms with Crippen LogP contribution in [0.5, 0.6) is 0 Å². The molecule has 0 aromatic carbocycles. The Morgan fingerprint density at radius 3 is 2.69 bits per heavy atom. The van der Waals surface area contributed by atoms with Crippen molar-refractivity contribution in [1.29, 1.82) is 0 Å². The molecule has 3 aromatic heterocycles. The monoisotopic (exact) mass is 511 g/mol. The minimum Gasteiger partial charge on any atom is -0.390 e. The second-order valence-electron chi connectivity index (χ2n) is 8.16. The molecule has 5 N–H and O–H groups in total. The summed E-state index contributed by atoms with van der Waals surface area (Å²) >= 11 is 1.33. The summed E-state index contributed by atoms with van der Waals surface area (Å²) in [6.07, 6.45) is -3.81. The van der Waals surface area contributed by atoms with Crippen molar-refractivity contribution >= 4 is 39.2 Å². The van der Waals surface area contributed by atoms with Gasteiger partial charge < -0.3 is 26.2 Å². The van der Waals surface area contributed by atoms with Crippen LogP contribution >= 0.6 is 11.3 Å². The molecule has 0 unspecified atom stereocenters. The second-order valence-corrected chi connectivity index (χ2v) is 9.19. The molecule has 0 bridgehead atoms. The van der Waals surface area contributed by atoms with Crippen LogP contribution in [0.25, 0.3) is 20.8 Å². The molecular formula is C21H24F3N7O3S. The number of aryl methyl sites for hydroxylation is 1. The van der Waals surface area contributed by atoms with Crippen LogP contribution in [-0.2, 0) is 4.79 Å². The molecule has 1 aliphatic rings. The van der Waals surface area contributed by atoms with Gasteiger partial charge in [-0.25, -0.2) is 9.97 Å². The first-order valence-electron chi connectivity index (χ1n) is 10.9. The van der Waals surface area contributed by atoms with Gasteiger partial charge in [0.2, 0.25) is 11.9 Å². The standard InChI is InChI=1S/C21H24F3N7O3S/c1-3-26-18(34)10-6-11(16(33)15(10)32)29-17-14(19-30-12-7-25-5-4-13(12)35-19)9(2)28-20(31-17)27-8-21(22,23)24/h4-5,7,10-11,15-16,32-33H,3,6,8H2,1-2H3,(H,26,34)(H2,27,28,29,31)/t10-,11+,15+,16-/m0/s1. The zero-order chi connectivity index (χ0) is 25.3. The quantitative estimate of drug-likeness (QED) is 0.322. The van der Waals surface area contributed by atoms with Crippen LogP contribution in [0.4, 0.5) is 24.9 Å². The van der Waals surface area contributed by atoms with Crippen LogP contribution in [0.15, 0.2) is 18.5 Å². The Bertz CT molecular complexity index is 1190. The van der Waals surface area contributed by atoms with Crippen molar-refractivity contribution < 1.29 is 28.2 Å². The molecule has 0 radical (unpaired) electrons. The van der Waals surface area contributed by atoms with Crippen molar-refractivity contribution in [2.45, 2.75) is 44.7 Å². The van der Waals surface area contributed by atoms with E-state index in [1.54, 1.807) is 32.3 Å². The first-order chi connectivity index (χ1) is 16.6. The molecule has 14 heteroatoms. The number of aliphatic hydroxyl groups is 2. The van der Waals surface area contributed by atoms with Crippen molar-refractivity contribution in [3.8, 4) is 10.6 Å². The third-order valence-electron chi connectivity index (χ3n) is 5.63. The molecule has 1 saturated carbocycles. The van der Waals surface area contributed by atoms with Crippen LogP contribution in [-0.4, -0.2) is 73.6 Å². The van der Waals surface area contributed by atoms with Gasteiger partial charge in [-0.3, -0.25) is 9.78 Å². The number of aromatic nitrogens is 4. The molecule has 4 rings (SSSR count). The lowest BCUT2D eigenvalue weighted by Gasteiger charge is -2.21. The topological polar surface area (TPSA) is 145 Å². The molecule has 3 heterocycles. The number of fused-ring (bicyclic) bond motifs is 1. The minimum atomic E-state index is -4.48.